The molecule has 0 spiro atoms. The maximum atomic E-state index is 10.5. The number of rotatable bonds is 5. The van der Waals surface area contributed by atoms with Gasteiger partial charge >= 0.3 is 0 Å². The minimum absolute atomic E-state index is 0.714. The van der Waals surface area contributed by atoms with Crippen molar-refractivity contribution >= 4 is 23.9 Å². The van der Waals surface area contributed by atoms with Crippen molar-refractivity contribution in [1.29, 1.82) is 0 Å². The summed E-state index contributed by atoms with van der Waals surface area (Å²) < 4.78 is 0. The van der Waals surface area contributed by atoms with Crippen LogP contribution in [0.15, 0.2) is 53.4 Å². The van der Waals surface area contributed by atoms with Gasteiger partial charge in [0.2, 0.25) is 6.41 Å². The van der Waals surface area contributed by atoms with Crippen molar-refractivity contribution in [3.8, 4) is 0 Å². The lowest BCUT2D eigenvalue weighted by Gasteiger charge is -2.08. The van der Waals surface area contributed by atoms with E-state index in [0.717, 1.165) is 16.3 Å². The molecule has 0 heterocycles. The molecule has 0 aromatic heterocycles. The predicted octanol–water partition coefficient (Wildman–Crippen LogP) is 3.86. The van der Waals surface area contributed by atoms with Crippen molar-refractivity contribution in [3.63, 3.8) is 0 Å². The van der Waals surface area contributed by atoms with Gasteiger partial charge in [0.1, 0.15) is 0 Å². The summed E-state index contributed by atoms with van der Waals surface area (Å²) in [5.41, 5.74) is 3.43. The Hall–Kier alpha value is -1.74. The number of aryl methyl sites for hydroxylation is 1. The molecular weight excluding hydrogens is 242 g/mol. The van der Waals surface area contributed by atoms with Crippen molar-refractivity contribution in [2.75, 3.05) is 5.32 Å². The molecule has 1 amide bonds. The van der Waals surface area contributed by atoms with Gasteiger partial charge in [-0.05, 0) is 24.6 Å². The zero-order chi connectivity index (χ0) is 12.8. The molecule has 0 fully saturated rings. The molecule has 0 aliphatic carbocycles. The molecule has 0 bridgehead atoms. The largest absolute Gasteiger partial charge is 0.328 e. The maximum Gasteiger partial charge on any atom is 0.211 e. The lowest BCUT2D eigenvalue weighted by Crippen LogP contribution is -1.95. The van der Waals surface area contributed by atoms with E-state index in [2.05, 4.69) is 36.5 Å². The summed E-state index contributed by atoms with van der Waals surface area (Å²) in [7, 11) is 0. The smallest absolute Gasteiger partial charge is 0.211 e. The summed E-state index contributed by atoms with van der Waals surface area (Å²) in [6, 6.07) is 16.3. The summed E-state index contributed by atoms with van der Waals surface area (Å²) >= 11 is 1.73. The minimum Gasteiger partial charge on any atom is -0.328 e. The Labute approximate surface area is 111 Å². The molecule has 0 aliphatic heterocycles. The van der Waals surface area contributed by atoms with Gasteiger partial charge in [0.25, 0.3) is 0 Å². The van der Waals surface area contributed by atoms with E-state index in [-0.39, 0.29) is 0 Å². The quantitative estimate of drug-likeness (QED) is 0.651. The summed E-state index contributed by atoms with van der Waals surface area (Å²) in [5.74, 6) is 0.902. The third-order valence-electron chi connectivity index (χ3n) is 2.58. The van der Waals surface area contributed by atoms with Crippen LogP contribution in [0.3, 0.4) is 0 Å². The zero-order valence-electron chi connectivity index (χ0n) is 10.2. The number of nitrogens with one attached hydrogen (secondary N) is 1. The molecule has 2 aromatic rings. The van der Waals surface area contributed by atoms with E-state index in [1.54, 1.807) is 11.8 Å². The first-order valence-electron chi connectivity index (χ1n) is 5.77. The molecule has 92 valence electrons. The molecular formula is C15H15NOS. The highest BCUT2D eigenvalue weighted by Crippen LogP contribution is 2.29. The van der Waals surface area contributed by atoms with Gasteiger partial charge < -0.3 is 5.32 Å². The first kappa shape index (κ1) is 12.7. The molecule has 0 aliphatic rings. The first-order chi connectivity index (χ1) is 8.79. The molecule has 2 nitrogen and oxygen atoms in total. The zero-order valence-corrected chi connectivity index (χ0v) is 11.0. The normalized spacial score (nSPS) is 10.1. The average molecular weight is 257 g/mol. The van der Waals surface area contributed by atoms with Gasteiger partial charge in [0, 0.05) is 10.6 Å². The number of benzene rings is 2. The van der Waals surface area contributed by atoms with Crippen LogP contribution in [-0.4, -0.2) is 6.41 Å². The lowest BCUT2D eigenvalue weighted by atomic mass is 10.2. The predicted molar refractivity (Wildman–Crippen MR) is 76.9 cm³/mol. The van der Waals surface area contributed by atoms with Gasteiger partial charge in [0.05, 0.1) is 5.69 Å². The Bertz CT molecular complexity index is 540. The third kappa shape index (κ3) is 3.37. The molecule has 2 aromatic carbocycles. The Morgan fingerprint density at radius 1 is 1.17 bits per heavy atom. The number of para-hydroxylation sites is 1. The molecule has 0 atom stereocenters. The number of hydrogen-bond donors (Lipinski definition) is 1. The molecule has 0 unspecified atom stereocenters. The van der Waals surface area contributed by atoms with Gasteiger partial charge in [-0.3, -0.25) is 4.79 Å². The topological polar surface area (TPSA) is 29.1 Å². The summed E-state index contributed by atoms with van der Waals surface area (Å²) in [6.45, 7) is 2.09. The summed E-state index contributed by atoms with van der Waals surface area (Å²) in [5, 5.41) is 2.72. The number of carbonyl (C=O) groups excluding carboxylic acids is 1. The van der Waals surface area contributed by atoms with Gasteiger partial charge in [-0.25, -0.2) is 0 Å². The van der Waals surface area contributed by atoms with E-state index >= 15 is 0 Å². The second-order valence-corrected chi connectivity index (χ2v) is 5.05. The Balaban J connectivity index is 2.08. The Morgan fingerprint density at radius 3 is 2.78 bits per heavy atom. The van der Waals surface area contributed by atoms with E-state index in [1.807, 2.05) is 24.3 Å². The number of thioether (sulfide) groups is 1. The third-order valence-corrected chi connectivity index (χ3v) is 3.72. The standard InChI is InChI=1S/C15H15NOS/c1-12-5-4-6-13(9-12)10-18-15-8-3-2-7-14(15)16-11-17/h2-9,11H,10H2,1H3,(H,16,17). The highest BCUT2D eigenvalue weighted by Gasteiger charge is 2.02. The monoisotopic (exact) mass is 257 g/mol. The number of anilines is 1. The molecule has 0 saturated carbocycles. The molecule has 18 heavy (non-hydrogen) atoms. The fourth-order valence-electron chi connectivity index (χ4n) is 1.74. The Kier molecular flexibility index (Phi) is 4.42. The fraction of sp³-hybridized carbons (Fsp3) is 0.133. The summed E-state index contributed by atoms with van der Waals surface area (Å²) in [4.78, 5) is 11.6. The number of amides is 1. The van der Waals surface area contributed by atoms with Crippen molar-refractivity contribution in [2.45, 2.75) is 17.6 Å². The fourth-order valence-corrected chi connectivity index (χ4v) is 2.70. The van der Waals surface area contributed by atoms with E-state index in [1.165, 1.54) is 11.1 Å². The first-order valence-corrected chi connectivity index (χ1v) is 6.76. The Morgan fingerprint density at radius 2 is 2.00 bits per heavy atom. The molecule has 0 saturated heterocycles. The van der Waals surface area contributed by atoms with E-state index in [0.29, 0.717) is 6.41 Å². The molecule has 2 rings (SSSR count). The van der Waals surface area contributed by atoms with Crippen LogP contribution in [-0.2, 0) is 10.5 Å². The maximum absolute atomic E-state index is 10.5. The van der Waals surface area contributed by atoms with Crippen molar-refractivity contribution in [2.24, 2.45) is 0 Å². The highest BCUT2D eigenvalue weighted by atomic mass is 32.2. The SMILES string of the molecule is Cc1cccc(CSc2ccccc2NC=O)c1. The van der Waals surface area contributed by atoms with Crippen LogP contribution >= 0.6 is 11.8 Å². The van der Waals surface area contributed by atoms with Crippen molar-refractivity contribution in [3.05, 3.63) is 59.7 Å². The second-order valence-electron chi connectivity index (χ2n) is 4.04. The van der Waals surface area contributed by atoms with Crippen LogP contribution in [0.2, 0.25) is 0 Å². The van der Waals surface area contributed by atoms with Crippen LogP contribution in [0.1, 0.15) is 11.1 Å². The second kappa shape index (κ2) is 6.26. The lowest BCUT2D eigenvalue weighted by molar-refractivity contribution is -0.105. The van der Waals surface area contributed by atoms with Crippen LogP contribution in [0, 0.1) is 6.92 Å². The number of carbonyl (C=O) groups is 1. The van der Waals surface area contributed by atoms with Gasteiger partial charge in [-0.1, -0.05) is 42.0 Å². The van der Waals surface area contributed by atoms with E-state index in [9.17, 15) is 4.79 Å². The van der Waals surface area contributed by atoms with Crippen LogP contribution in [0.25, 0.3) is 0 Å². The van der Waals surface area contributed by atoms with Gasteiger partial charge in [0.15, 0.2) is 0 Å². The van der Waals surface area contributed by atoms with E-state index < -0.39 is 0 Å². The molecule has 1 N–H and O–H groups in total. The summed E-state index contributed by atoms with van der Waals surface area (Å²) in [6.07, 6.45) is 0.714. The highest BCUT2D eigenvalue weighted by molar-refractivity contribution is 7.98. The van der Waals surface area contributed by atoms with Crippen LogP contribution in [0.4, 0.5) is 5.69 Å². The van der Waals surface area contributed by atoms with Crippen LogP contribution in [0.5, 0.6) is 0 Å². The minimum atomic E-state index is 0.714. The molecule has 3 heteroatoms. The average Bonchev–Trinajstić information content (AvgIpc) is 2.38. The van der Waals surface area contributed by atoms with Gasteiger partial charge in [-0.2, -0.15) is 0 Å². The van der Waals surface area contributed by atoms with Gasteiger partial charge in [-0.15, -0.1) is 11.8 Å². The number of hydrogen-bond acceptors (Lipinski definition) is 2. The van der Waals surface area contributed by atoms with Crippen molar-refractivity contribution in [1.82, 2.24) is 0 Å². The van der Waals surface area contributed by atoms with E-state index in [4.69, 9.17) is 0 Å². The molecule has 0 radical (unpaired) electrons. The van der Waals surface area contributed by atoms with Crippen molar-refractivity contribution < 1.29 is 4.79 Å². The van der Waals surface area contributed by atoms with Crippen LogP contribution < -0.4 is 5.32 Å².